The van der Waals surface area contributed by atoms with Gasteiger partial charge in [-0.05, 0) is 19.4 Å². The summed E-state index contributed by atoms with van der Waals surface area (Å²) in [6, 6.07) is 6.06. The number of nitrogens with one attached hydrogen (secondary N) is 1. The van der Waals surface area contributed by atoms with Crippen molar-refractivity contribution in [3.8, 4) is 0 Å². The molecule has 2 rings (SSSR count). The molecule has 1 aliphatic carbocycles. The van der Waals surface area contributed by atoms with Crippen LogP contribution in [0.1, 0.15) is 24.9 Å². The summed E-state index contributed by atoms with van der Waals surface area (Å²) in [5, 5.41) is 2.81. The molecule has 3 N–H and O–H groups in total. The van der Waals surface area contributed by atoms with Crippen LogP contribution in [0.2, 0.25) is 0 Å². The first-order chi connectivity index (χ1) is 8.58. The second kappa shape index (κ2) is 5.31. The molecule has 1 aromatic rings. The molecule has 18 heavy (non-hydrogen) atoms. The topological polar surface area (TPSA) is 55.1 Å². The normalized spacial score (nSPS) is 23.9. The van der Waals surface area contributed by atoms with Gasteiger partial charge in [-0.1, -0.05) is 30.4 Å². The highest BCUT2D eigenvalue weighted by Crippen LogP contribution is 2.20. The summed E-state index contributed by atoms with van der Waals surface area (Å²) in [6.07, 6.45) is 4.27. The lowest BCUT2D eigenvalue weighted by molar-refractivity contribution is -0.124. The van der Waals surface area contributed by atoms with Gasteiger partial charge in [0.25, 0.3) is 0 Å². The minimum atomic E-state index is -0.344. The zero-order valence-electron chi connectivity index (χ0n) is 10.3. The Hall–Kier alpha value is -1.68. The van der Waals surface area contributed by atoms with E-state index in [2.05, 4.69) is 5.32 Å². The summed E-state index contributed by atoms with van der Waals surface area (Å²) in [7, 11) is 0. The Balaban J connectivity index is 2.00. The van der Waals surface area contributed by atoms with Gasteiger partial charge in [0.2, 0.25) is 5.91 Å². The zero-order valence-corrected chi connectivity index (χ0v) is 10.3. The fourth-order valence-electron chi connectivity index (χ4n) is 2.15. The molecule has 3 atom stereocenters. The highest BCUT2D eigenvalue weighted by molar-refractivity contribution is 5.81. The van der Waals surface area contributed by atoms with Gasteiger partial charge < -0.3 is 11.1 Å². The summed E-state index contributed by atoms with van der Waals surface area (Å²) in [5.41, 5.74) is 6.20. The van der Waals surface area contributed by atoms with Crippen molar-refractivity contribution >= 4 is 5.91 Å². The number of rotatable bonds is 3. The first kappa shape index (κ1) is 12.8. The van der Waals surface area contributed by atoms with E-state index in [1.54, 1.807) is 25.1 Å². The first-order valence-electron chi connectivity index (χ1n) is 6.06. The minimum Gasteiger partial charge on any atom is -0.349 e. The van der Waals surface area contributed by atoms with E-state index in [1.807, 2.05) is 12.2 Å². The van der Waals surface area contributed by atoms with Crippen LogP contribution in [0.5, 0.6) is 0 Å². The lowest BCUT2D eigenvalue weighted by Gasteiger charge is -2.17. The highest BCUT2D eigenvalue weighted by atomic mass is 19.1. The van der Waals surface area contributed by atoms with Crippen molar-refractivity contribution < 1.29 is 9.18 Å². The number of amides is 1. The number of carbonyl (C=O) groups excluding carboxylic acids is 1. The molecule has 0 radical (unpaired) electrons. The highest BCUT2D eigenvalue weighted by Gasteiger charge is 2.24. The van der Waals surface area contributed by atoms with Crippen LogP contribution >= 0.6 is 0 Å². The average molecular weight is 248 g/mol. The lowest BCUT2D eigenvalue weighted by atomic mass is 10.0. The summed E-state index contributed by atoms with van der Waals surface area (Å²) in [6.45, 7) is 1.77. The predicted molar refractivity (Wildman–Crippen MR) is 68.2 cm³/mol. The van der Waals surface area contributed by atoms with Crippen LogP contribution in [0, 0.1) is 11.7 Å². The van der Waals surface area contributed by atoms with Gasteiger partial charge in [0.1, 0.15) is 5.82 Å². The minimum absolute atomic E-state index is 0.0514. The van der Waals surface area contributed by atoms with Crippen molar-refractivity contribution in [2.75, 3.05) is 0 Å². The van der Waals surface area contributed by atoms with E-state index in [0.717, 1.165) is 0 Å². The molecule has 96 valence electrons. The summed E-state index contributed by atoms with van der Waals surface area (Å²) >= 11 is 0. The van der Waals surface area contributed by atoms with E-state index < -0.39 is 0 Å². The van der Waals surface area contributed by atoms with Gasteiger partial charge in [0, 0.05) is 11.6 Å². The van der Waals surface area contributed by atoms with Crippen molar-refractivity contribution in [1.82, 2.24) is 5.32 Å². The standard InChI is InChI=1S/C14H17FN2O/c1-9(12-4-2-3-5-13(12)15)17-14(18)10-6-7-11(16)8-10/h2-7,9-11H,8,16H2,1H3,(H,17,18). The Morgan fingerprint density at radius 3 is 2.78 bits per heavy atom. The van der Waals surface area contributed by atoms with Crippen LogP contribution in [0.4, 0.5) is 4.39 Å². The van der Waals surface area contributed by atoms with Gasteiger partial charge in [0.15, 0.2) is 0 Å². The Labute approximate surface area is 106 Å². The zero-order chi connectivity index (χ0) is 13.1. The third-order valence-electron chi connectivity index (χ3n) is 3.18. The van der Waals surface area contributed by atoms with E-state index in [9.17, 15) is 9.18 Å². The lowest BCUT2D eigenvalue weighted by Crippen LogP contribution is -2.33. The summed E-state index contributed by atoms with van der Waals surface area (Å²) in [4.78, 5) is 11.9. The van der Waals surface area contributed by atoms with Crippen LogP contribution in [0.15, 0.2) is 36.4 Å². The number of hydrogen-bond acceptors (Lipinski definition) is 2. The number of carbonyl (C=O) groups is 1. The molecule has 3 unspecified atom stereocenters. The Morgan fingerprint density at radius 2 is 2.17 bits per heavy atom. The van der Waals surface area contributed by atoms with Crippen LogP contribution in [0.25, 0.3) is 0 Å². The first-order valence-corrected chi connectivity index (χ1v) is 6.06. The molecular weight excluding hydrogens is 231 g/mol. The van der Waals surface area contributed by atoms with Crippen LogP contribution in [-0.2, 0) is 4.79 Å². The maximum atomic E-state index is 13.5. The molecule has 4 heteroatoms. The van der Waals surface area contributed by atoms with Gasteiger partial charge in [0.05, 0.1) is 12.0 Å². The van der Waals surface area contributed by atoms with E-state index in [-0.39, 0.29) is 29.7 Å². The Kier molecular flexibility index (Phi) is 3.77. The van der Waals surface area contributed by atoms with Crippen LogP contribution in [0.3, 0.4) is 0 Å². The van der Waals surface area contributed by atoms with Crippen LogP contribution in [-0.4, -0.2) is 11.9 Å². The summed E-state index contributed by atoms with van der Waals surface area (Å²) in [5.74, 6) is -0.604. The van der Waals surface area contributed by atoms with Crippen molar-refractivity contribution in [1.29, 1.82) is 0 Å². The number of nitrogens with two attached hydrogens (primary N) is 1. The quantitative estimate of drug-likeness (QED) is 0.803. The van der Waals surface area contributed by atoms with Gasteiger partial charge >= 0.3 is 0 Å². The van der Waals surface area contributed by atoms with Crippen LogP contribution < -0.4 is 11.1 Å². The van der Waals surface area contributed by atoms with Crippen molar-refractivity contribution in [2.24, 2.45) is 11.7 Å². The maximum Gasteiger partial charge on any atom is 0.227 e. The number of benzene rings is 1. The smallest absolute Gasteiger partial charge is 0.227 e. The molecule has 0 fully saturated rings. The molecule has 3 nitrogen and oxygen atoms in total. The third-order valence-corrected chi connectivity index (χ3v) is 3.18. The molecule has 0 aromatic heterocycles. The molecule has 0 heterocycles. The predicted octanol–water partition coefficient (Wildman–Crippen LogP) is 1.91. The third kappa shape index (κ3) is 2.76. The Morgan fingerprint density at radius 1 is 1.44 bits per heavy atom. The van der Waals surface area contributed by atoms with Crippen molar-refractivity contribution in [3.05, 3.63) is 47.8 Å². The molecular formula is C14H17FN2O. The number of hydrogen-bond donors (Lipinski definition) is 2. The largest absolute Gasteiger partial charge is 0.349 e. The SMILES string of the molecule is CC(NC(=O)C1C=CC(N)C1)c1ccccc1F. The van der Waals surface area contributed by atoms with Gasteiger partial charge in [-0.3, -0.25) is 4.79 Å². The average Bonchev–Trinajstić information content (AvgIpc) is 2.76. The summed E-state index contributed by atoms with van der Waals surface area (Å²) < 4.78 is 13.5. The molecule has 1 amide bonds. The van der Waals surface area contributed by atoms with E-state index in [1.165, 1.54) is 6.07 Å². The Bertz CT molecular complexity index is 473. The monoisotopic (exact) mass is 248 g/mol. The maximum absolute atomic E-state index is 13.5. The molecule has 0 saturated carbocycles. The van der Waals surface area contributed by atoms with E-state index in [0.29, 0.717) is 12.0 Å². The van der Waals surface area contributed by atoms with Gasteiger partial charge in [-0.25, -0.2) is 4.39 Å². The fraction of sp³-hybridized carbons (Fsp3) is 0.357. The van der Waals surface area contributed by atoms with Gasteiger partial charge in [-0.15, -0.1) is 0 Å². The fourth-order valence-corrected chi connectivity index (χ4v) is 2.15. The number of halogens is 1. The second-order valence-electron chi connectivity index (χ2n) is 4.64. The second-order valence-corrected chi connectivity index (χ2v) is 4.64. The molecule has 0 bridgehead atoms. The molecule has 0 aliphatic heterocycles. The molecule has 0 spiro atoms. The van der Waals surface area contributed by atoms with Crippen molar-refractivity contribution in [2.45, 2.75) is 25.4 Å². The van der Waals surface area contributed by atoms with E-state index >= 15 is 0 Å². The van der Waals surface area contributed by atoms with Crippen molar-refractivity contribution in [3.63, 3.8) is 0 Å². The molecule has 1 aliphatic rings. The molecule has 0 saturated heterocycles. The van der Waals surface area contributed by atoms with Gasteiger partial charge in [-0.2, -0.15) is 0 Å². The van der Waals surface area contributed by atoms with E-state index in [4.69, 9.17) is 5.73 Å². The molecule has 1 aromatic carbocycles.